The lowest BCUT2D eigenvalue weighted by atomic mass is 10.0. The number of nitrogens with one attached hydrogen (secondary N) is 1. The van der Waals surface area contributed by atoms with Crippen LogP contribution in [0.5, 0.6) is 11.5 Å². The maximum absolute atomic E-state index is 10.2. The van der Waals surface area contributed by atoms with Crippen molar-refractivity contribution in [2.45, 2.75) is 20.3 Å². The van der Waals surface area contributed by atoms with Crippen molar-refractivity contribution >= 4 is 40.5 Å². The number of benzene rings is 2. The van der Waals surface area contributed by atoms with Gasteiger partial charge in [0.25, 0.3) is 0 Å². The summed E-state index contributed by atoms with van der Waals surface area (Å²) < 4.78 is 5.53. The first-order valence-electron chi connectivity index (χ1n) is 6.76. The maximum atomic E-state index is 10.2. The molecule has 0 aliphatic carbocycles. The molecule has 0 heterocycles. The number of phenols is 1. The van der Waals surface area contributed by atoms with E-state index in [2.05, 4.69) is 5.32 Å². The van der Waals surface area contributed by atoms with E-state index in [-0.39, 0.29) is 12.5 Å². The van der Waals surface area contributed by atoms with Gasteiger partial charge in [0.1, 0.15) is 11.5 Å². The Bertz CT molecular complexity index is 669. The number of anilines is 1. The summed E-state index contributed by atoms with van der Waals surface area (Å²) in [7, 11) is 0. The van der Waals surface area contributed by atoms with Gasteiger partial charge in [-0.05, 0) is 48.7 Å². The van der Waals surface area contributed by atoms with Gasteiger partial charge in [-0.15, -0.1) is 0 Å². The second-order valence-electron chi connectivity index (χ2n) is 4.78. The van der Waals surface area contributed by atoms with E-state index in [0.29, 0.717) is 26.5 Å². The second-order valence-corrected chi connectivity index (χ2v) is 6.06. The molecular formula is C16H16Cl3NO2. The van der Waals surface area contributed by atoms with E-state index in [0.717, 1.165) is 17.5 Å². The molecule has 0 spiro atoms. The van der Waals surface area contributed by atoms with Gasteiger partial charge in [-0.2, -0.15) is 0 Å². The van der Waals surface area contributed by atoms with Gasteiger partial charge in [0.15, 0.2) is 6.73 Å². The lowest BCUT2D eigenvalue weighted by molar-refractivity contribution is 0.345. The van der Waals surface area contributed by atoms with Crippen LogP contribution in [0.4, 0.5) is 5.69 Å². The van der Waals surface area contributed by atoms with Crippen molar-refractivity contribution in [2.24, 2.45) is 0 Å². The molecule has 0 radical (unpaired) electrons. The largest absolute Gasteiger partial charge is 0.505 e. The SMILES string of the molecule is CCc1c(Cl)cc(NCOc2cc(Cl)cc(Cl)c2)c(O)c1C. The van der Waals surface area contributed by atoms with Crippen LogP contribution in [0.25, 0.3) is 0 Å². The first-order valence-corrected chi connectivity index (χ1v) is 7.89. The van der Waals surface area contributed by atoms with Crippen LogP contribution in [0.15, 0.2) is 24.3 Å². The Morgan fingerprint density at radius 2 is 1.73 bits per heavy atom. The minimum absolute atomic E-state index is 0.144. The molecule has 118 valence electrons. The Morgan fingerprint density at radius 3 is 2.32 bits per heavy atom. The van der Waals surface area contributed by atoms with Crippen LogP contribution in [0, 0.1) is 6.92 Å². The molecule has 0 saturated carbocycles. The van der Waals surface area contributed by atoms with Gasteiger partial charge in [0.2, 0.25) is 0 Å². The third-order valence-corrected chi connectivity index (χ3v) is 4.09. The molecule has 2 aromatic rings. The standard InChI is InChI=1S/C16H16Cl3NO2/c1-3-13-9(2)16(21)15(7-14(13)19)20-8-22-12-5-10(17)4-11(18)6-12/h4-7,20-21H,3,8H2,1-2H3. The Labute approximate surface area is 144 Å². The molecule has 0 unspecified atom stereocenters. The van der Waals surface area contributed by atoms with Crippen LogP contribution in [0.3, 0.4) is 0 Å². The highest BCUT2D eigenvalue weighted by Crippen LogP contribution is 2.35. The number of hydrogen-bond acceptors (Lipinski definition) is 3. The molecule has 6 heteroatoms. The molecule has 2 rings (SSSR count). The van der Waals surface area contributed by atoms with E-state index in [1.807, 2.05) is 13.8 Å². The highest BCUT2D eigenvalue weighted by atomic mass is 35.5. The monoisotopic (exact) mass is 359 g/mol. The highest BCUT2D eigenvalue weighted by Gasteiger charge is 2.12. The smallest absolute Gasteiger partial charge is 0.159 e. The molecule has 0 fully saturated rings. The van der Waals surface area contributed by atoms with Gasteiger partial charge in [-0.25, -0.2) is 0 Å². The van der Waals surface area contributed by atoms with Crippen molar-refractivity contribution in [2.75, 3.05) is 12.0 Å². The predicted octanol–water partition coefficient (Wildman–Crippen LogP) is 5.67. The summed E-state index contributed by atoms with van der Waals surface area (Å²) in [4.78, 5) is 0. The highest BCUT2D eigenvalue weighted by molar-refractivity contribution is 6.34. The Hall–Kier alpha value is -1.29. The second kappa shape index (κ2) is 7.32. The Kier molecular flexibility index (Phi) is 5.68. The number of phenolic OH excluding ortho intramolecular Hbond substituents is 1. The lowest BCUT2D eigenvalue weighted by Crippen LogP contribution is -2.09. The molecular weight excluding hydrogens is 345 g/mol. The maximum Gasteiger partial charge on any atom is 0.159 e. The number of aromatic hydroxyl groups is 1. The third-order valence-electron chi connectivity index (χ3n) is 3.31. The molecule has 0 aliphatic heterocycles. The van der Waals surface area contributed by atoms with Crippen LogP contribution < -0.4 is 10.1 Å². The Morgan fingerprint density at radius 1 is 1.09 bits per heavy atom. The summed E-state index contributed by atoms with van der Waals surface area (Å²) in [6.45, 7) is 3.97. The minimum atomic E-state index is 0.144. The molecule has 0 saturated heterocycles. The average Bonchev–Trinajstić information content (AvgIpc) is 2.43. The van der Waals surface area contributed by atoms with Gasteiger partial charge >= 0.3 is 0 Å². The fraction of sp³-hybridized carbons (Fsp3) is 0.250. The fourth-order valence-electron chi connectivity index (χ4n) is 2.18. The van der Waals surface area contributed by atoms with E-state index >= 15 is 0 Å². The summed E-state index contributed by atoms with van der Waals surface area (Å²) in [6.07, 6.45) is 0.760. The van der Waals surface area contributed by atoms with Gasteiger partial charge in [-0.3, -0.25) is 0 Å². The van der Waals surface area contributed by atoms with Gasteiger partial charge in [0, 0.05) is 15.1 Å². The topological polar surface area (TPSA) is 41.5 Å². The molecule has 0 atom stereocenters. The van der Waals surface area contributed by atoms with Crippen molar-refractivity contribution in [1.82, 2.24) is 0 Å². The minimum Gasteiger partial charge on any atom is -0.505 e. The first-order chi connectivity index (χ1) is 10.4. The number of rotatable bonds is 5. The zero-order valence-electron chi connectivity index (χ0n) is 12.2. The molecule has 22 heavy (non-hydrogen) atoms. The number of hydrogen-bond donors (Lipinski definition) is 2. The molecule has 0 bridgehead atoms. The van der Waals surface area contributed by atoms with Crippen LogP contribution >= 0.6 is 34.8 Å². The van der Waals surface area contributed by atoms with Crippen molar-refractivity contribution < 1.29 is 9.84 Å². The summed E-state index contributed by atoms with van der Waals surface area (Å²) in [6, 6.07) is 6.64. The van der Waals surface area contributed by atoms with Gasteiger partial charge in [0.05, 0.1) is 5.69 Å². The fourth-order valence-corrected chi connectivity index (χ4v) is 3.07. The van der Waals surface area contributed by atoms with E-state index in [1.54, 1.807) is 24.3 Å². The quantitative estimate of drug-likeness (QED) is 0.533. The first kappa shape index (κ1) is 17.1. The third kappa shape index (κ3) is 3.92. The van der Waals surface area contributed by atoms with E-state index in [1.165, 1.54) is 0 Å². The van der Waals surface area contributed by atoms with Gasteiger partial charge < -0.3 is 15.2 Å². The lowest BCUT2D eigenvalue weighted by Gasteiger charge is -2.15. The van der Waals surface area contributed by atoms with Crippen LogP contribution in [-0.4, -0.2) is 11.8 Å². The van der Waals surface area contributed by atoms with Crippen LogP contribution in [-0.2, 0) is 6.42 Å². The number of halogens is 3. The van der Waals surface area contributed by atoms with Crippen molar-refractivity contribution in [1.29, 1.82) is 0 Å². The van der Waals surface area contributed by atoms with Gasteiger partial charge in [-0.1, -0.05) is 41.7 Å². The van der Waals surface area contributed by atoms with E-state index in [9.17, 15) is 5.11 Å². The molecule has 0 aliphatic rings. The average molecular weight is 361 g/mol. The van der Waals surface area contributed by atoms with Crippen molar-refractivity contribution in [3.63, 3.8) is 0 Å². The molecule has 3 nitrogen and oxygen atoms in total. The zero-order valence-corrected chi connectivity index (χ0v) is 14.5. The molecule has 0 amide bonds. The molecule has 2 N–H and O–H groups in total. The predicted molar refractivity (Wildman–Crippen MR) is 92.8 cm³/mol. The van der Waals surface area contributed by atoms with E-state index in [4.69, 9.17) is 39.5 Å². The van der Waals surface area contributed by atoms with E-state index < -0.39 is 0 Å². The number of ether oxygens (including phenoxy) is 1. The van der Waals surface area contributed by atoms with Crippen LogP contribution in [0.2, 0.25) is 15.1 Å². The Balaban J connectivity index is 2.09. The van der Waals surface area contributed by atoms with Crippen LogP contribution in [0.1, 0.15) is 18.1 Å². The summed E-state index contributed by atoms with van der Waals surface area (Å²) in [5.41, 5.74) is 2.23. The summed E-state index contributed by atoms with van der Waals surface area (Å²) in [5.74, 6) is 0.714. The molecule has 2 aromatic carbocycles. The van der Waals surface area contributed by atoms with Crippen molar-refractivity contribution in [3.05, 3.63) is 50.5 Å². The van der Waals surface area contributed by atoms with Crippen molar-refractivity contribution in [3.8, 4) is 11.5 Å². The zero-order chi connectivity index (χ0) is 16.3. The summed E-state index contributed by atoms with van der Waals surface area (Å²) >= 11 is 18.0. The normalized spacial score (nSPS) is 10.6. The molecule has 0 aromatic heterocycles. The summed E-state index contributed by atoms with van der Waals surface area (Å²) in [5, 5.41) is 14.8.